The highest BCUT2D eigenvalue weighted by molar-refractivity contribution is 7.99. The van der Waals surface area contributed by atoms with Crippen molar-refractivity contribution in [1.82, 2.24) is 10.3 Å². The summed E-state index contributed by atoms with van der Waals surface area (Å²) in [6.07, 6.45) is -4.37. The molecule has 20 heavy (non-hydrogen) atoms. The number of rotatable bonds is 7. The summed E-state index contributed by atoms with van der Waals surface area (Å²) in [6.45, 7) is 9.02. The van der Waals surface area contributed by atoms with Gasteiger partial charge in [-0.25, -0.2) is 4.98 Å². The fraction of sp³-hybridized carbons (Fsp3) is 0.769. The maximum atomic E-state index is 13.0. The Hall–Kier alpha value is -0.270. The van der Waals surface area contributed by atoms with E-state index in [1.165, 1.54) is 11.3 Å². The van der Waals surface area contributed by atoms with Crippen molar-refractivity contribution in [2.75, 3.05) is 6.54 Å². The van der Waals surface area contributed by atoms with E-state index in [-0.39, 0.29) is 11.4 Å². The van der Waals surface area contributed by atoms with E-state index in [1.54, 1.807) is 11.8 Å². The van der Waals surface area contributed by atoms with Gasteiger partial charge in [-0.2, -0.15) is 24.9 Å². The fourth-order valence-corrected chi connectivity index (χ4v) is 3.35. The second-order valence-electron chi connectivity index (χ2n) is 5.26. The summed E-state index contributed by atoms with van der Waals surface area (Å²) in [5.41, 5.74) is -0.724. The van der Waals surface area contributed by atoms with Gasteiger partial charge in [0.15, 0.2) is 5.69 Å². The third-order valence-electron chi connectivity index (χ3n) is 2.39. The number of halogens is 3. The molecule has 0 bridgehead atoms. The van der Waals surface area contributed by atoms with E-state index < -0.39 is 11.9 Å². The number of aromatic nitrogens is 1. The lowest BCUT2D eigenvalue weighted by Crippen LogP contribution is -2.20. The fourth-order valence-electron chi connectivity index (χ4n) is 1.52. The van der Waals surface area contributed by atoms with Crippen LogP contribution in [0.3, 0.4) is 0 Å². The maximum absolute atomic E-state index is 13.0. The van der Waals surface area contributed by atoms with E-state index >= 15 is 0 Å². The van der Waals surface area contributed by atoms with Crippen molar-refractivity contribution in [3.8, 4) is 0 Å². The van der Waals surface area contributed by atoms with E-state index in [0.29, 0.717) is 28.5 Å². The molecule has 0 saturated carbocycles. The van der Waals surface area contributed by atoms with Gasteiger partial charge in [0.2, 0.25) is 0 Å². The summed E-state index contributed by atoms with van der Waals surface area (Å²) >= 11 is 2.77. The van der Waals surface area contributed by atoms with E-state index in [0.717, 1.165) is 0 Å². The molecule has 0 saturated heterocycles. The van der Waals surface area contributed by atoms with E-state index in [9.17, 15) is 13.2 Å². The lowest BCUT2D eigenvalue weighted by molar-refractivity contribution is -0.141. The number of nitrogens with zero attached hydrogens (tertiary/aromatic N) is 1. The number of alkyl halides is 3. The van der Waals surface area contributed by atoms with Crippen LogP contribution in [-0.4, -0.2) is 16.8 Å². The Morgan fingerprint density at radius 3 is 2.40 bits per heavy atom. The highest BCUT2D eigenvalue weighted by Gasteiger charge is 2.37. The van der Waals surface area contributed by atoms with E-state index in [4.69, 9.17) is 0 Å². The zero-order valence-electron chi connectivity index (χ0n) is 12.2. The molecule has 0 fully saturated rings. The van der Waals surface area contributed by atoms with Crippen LogP contribution >= 0.6 is 23.1 Å². The molecule has 0 aliphatic heterocycles. The number of thiazole rings is 1. The lowest BCUT2D eigenvalue weighted by atomic mass is 10.2. The molecular formula is C13H21F3N2S2. The van der Waals surface area contributed by atoms with Crippen molar-refractivity contribution < 1.29 is 13.2 Å². The predicted molar refractivity (Wildman–Crippen MR) is 80.1 cm³/mol. The normalized spacial score (nSPS) is 12.7. The standard InChI is InChI=1S/C13H21F3N2S2/c1-8(2)5-17-6-10-12(13(14,15)16)18-11(20-10)7-19-9(3)4/h8-9,17H,5-7H2,1-4H3. The SMILES string of the molecule is CC(C)CNCc1sc(CSC(C)C)nc1C(F)(F)F. The van der Waals surface area contributed by atoms with Crippen molar-refractivity contribution in [2.24, 2.45) is 5.92 Å². The van der Waals surface area contributed by atoms with Crippen LogP contribution in [0.2, 0.25) is 0 Å². The molecule has 0 amide bonds. The van der Waals surface area contributed by atoms with Gasteiger partial charge in [0.25, 0.3) is 0 Å². The van der Waals surface area contributed by atoms with Crippen LogP contribution in [0.15, 0.2) is 0 Å². The summed E-state index contributed by atoms with van der Waals surface area (Å²) in [5.74, 6) is 0.948. The van der Waals surface area contributed by atoms with Gasteiger partial charge in [-0.3, -0.25) is 0 Å². The molecule has 0 aliphatic rings. The Labute approximate surface area is 126 Å². The van der Waals surface area contributed by atoms with Gasteiger partial charge in [0, 0.05) is 12.3 Å². The molecule has 0 atom stereocenters. The van der Waals surface area contributed by atoms with Crippen molar-refractivity contribution in [3.63, 3.8) is 0 Å². The summed E-state index contributed by atoms with van der Waals surface area (Å²) in [4.78, 5) is 4.07. The van der Waals surface area contributed by atoms with Crippen molar-refractivity contribution >= 4 is 23.1 Å². The van der Waals surface area contributed by atoms with Crippen LogP contribution in [0.25, 0.3) is 0 Å². The lowest BCUT2D eigenvalue weighted by Gasteiger charge is -2.08. The van der Waals surface area contributed by atoms with Gasteiger partial charge >= 0.3 is 6.18 Å². The van der Waals surface area contributed by atoms with Crippen molar-refractivity contribution in [1.29, 1.82) is 0 Å². The molecule has 116 valence electrons. The first-order valence-corrected chi connectivity index (χ1v) is 8.44. The van der Waals surface area contributed by atoms with Gasteiger partial charge in [0.05, 0.1) is 4.88 Å². The zero-order chi connectivity index (χ0) is 15.3. The number of thioether (sulfide) groups is 1. The second-order valence-corrected chi connectivity index (χ2v) is 7.99. The van der Waals surface area contributed by atoms with Gasteiger partial charge in [-0.15, -0.1) is 11.3 Å². The summed E-state index contributed by atoms with van der Waals surface area (Å²) in [7, 11) is 0. The number of nitrogens with one attached hydrogen (secondary N) is 1. The quantitative estimate of drug-likeness (QED) is 0.796. The van der Waals surface area contributed by atoms with Gasteiger partial charge < -0.3 is 5.32 Å². The Balaban J connectivity index is 2.78. The molecule has 0 unspecified atom stereocenters. The molecular weight excluding hydrogens is 305 g/mol. The predicted octanol–water partition coefficient (Wildman–Crippen LogP) is 4.55. The molecule has 1 heterocycles. The average molecular weight is 326 g/mol. The van der Waals surface area contributed by atoms with Crippen LogP contribution in [0, 0.1) is 5.92 Å². The molecule has 1 aromatic rings. The molecule has 2 nitrogen and oxygen atoms in total. The Morgan fingerprint density at radius 1 is 1.25 bits per heavy atom. The smallest absolute Gasteiger partial charge is 0.312 e. The minimum atomic E-state index is -4.37. The monoisotopic (exact) mass is 326 g/mol. The zero-order valence-corrected chi connectivity index (χ0v) is 13.8. The Bertz CT molecular complexity index is 414. The van der Waals surface area contributed by atoms with Crippen molar-refractivity contribution in [2.45, 2.75) is 51.4 Å². The van der Waals surface area contributed by atoms with E-state index in [1.807, 2.05) is 27.7 Å². The number of hydrogen-bond donors (Lipinski definition) is 1. The Kier molecular flexibility index (Phi) is 6.81. The largest absolute Gasteiger partial charge is 0.434 e. The average Bonchev–Trinajstić information content (AvgIpc) is 2.69. The van der Waals surface area contributed by atoms with Gasteiger partial charge in [-0.1, -0.05) is 27.7 Å². The second kappa shape index (κ2) is 7.66. The first-order chi connectivity index (χ1) is 9.20. The molecule has 7 heteroatoms. The van der Waals surface area contributed by atoms with Crippen LogP contribution in [-0.2, 0) is 18.5 Å². The topological polar surface area (TPSA) is 24.9 Å². The molecule has 0 aliphatic carbocycles. The highest BCUT2D eigenvalue weighted by atomic mass is 32.2. The summed E-state index contributed by atoms with van der Waals surface area (Å²) in [5, 5.41) is 3.99. The molecule has 0 spiro atoms. The van der Waals surface area contributed by atoms with Crippen LogP contribution < -0.4 is 5.32 Å². The molecule has 1 rings (SSSR count). The van der Waals surface area contributed by atoms with Crippen LogP contribution in [0.4, 0.5) is 13.2 Å². The Morgan fingerprint density at radius 2 is 1.90 bits per heavy atom. The first kappa shape index (κ1) is 17.8. The molecule has 1 N–H and O–H groups in total. The third-order valence-corrected chi connectivity index (χ3v) is 4.73. The van der Waals surface area contributed by atoms with Crippen molar-refractivity contribution in [3.05, 3.63) is 15.6 Å². The summed E-state index contributed by atoms with van der Waals surface area (Å²) in [6, 6.07) is 0. The highest BCUT2D eigenvalue weighted by Crippen LogP contribution is 2.35. The maximum Gasteiger partial charge on any atom is 0.434 e. The molecule has 0 aromatic carbocycles. The third kappa shape index (κ3) is 6.01. The number of hydrogen-bond acceptors (Lipinski definition) is 4. The minimum absolute atomic E-state index is 0.233. The summed E-state index contributed by atoms with van der Waals surface area (Å²) < 4.78 is 38.9. The van der Waals surface area contributed by atoms with E-state index in [2.05, 4.69) is 10.3 Å². The van der Waals surface area contributed by atoms with Gasteiger partial charge in [-0.05, 0) is 17.7 Å². The van der Waals surface area contributed by atoms with Crippen LogP contribution in [0.1, 0.15) is 43.3 Å². The first-order valence-electron chi connectivity index (χ1n) is 6.58. The van der Waals surface area contributed by atoms with Gasteiger partial charge in [0.1, 0.15) is 5.01 Å². The molecule has 0 radical (unpaired) electrons. The molecule has 1 aromatic heterocycles. The minimum Gasteiger partial charge on any atom is -0.312 e. The van der Waals surface area contributed by atoms with Crippen LogP contribution in [0.5, 0.6) is 0 Å².